The third kappa shape index (κ3) is 3.25. The van der Waals surface area contributed by atoms with Crippen molar-refractivity contribution in [3.8, 4) is 0 Å². The normalized spacial score (nSPS) is 25.0. The van der Waals surface area contributed by atoms with E-state index in [1.807, 2.05) is 0 Å². The van der Waals surface area contributed by atoms with Gasteiger partial charge in [0.2, 0.25) is 0 Å². The molecule has 1 aliphatic carbocycles. The first-order chi connectivity index (χ1) is 10.1. The molecule has 2 heterocycles. The van der Waals surface area contributed by atoms with E-state index in [4.69, 9.17) is 27.9 Å². The molecule has 1 saturated carbocycles. The Balaban J connectivity index is 1.77. The van der Waals surface area contributed by atoms with Gasteiger partial charge in [-0.15, -0.1) is 0 Å². The zero-order valence-electron chi connectivity index (χ0n) is 11.9. The van der Waals surface area contributed by atoms with Crippen LogP contribution in [-0.2, 0) is 4.74 Å². The Morgan fingerprint density at radius 2 is 2.05 bits per heavy atom. The van der Waals surface area contributed by atoms with Crippen molar-refractivity contribution in [2.45, 2.75) is 50.5 Å². The largest absolute Gasteiger partial charge is 0.375 e. The van der Waals surface area contributed by atoms with E-state index in [1.165, 1.54) is 25.5 Å². The van der Waals surface area contributed by atoms with Crippen LogP contribution < -0.4 is 0 Å². The van der Waals surface area contributed by atoms with E-state index in [9.17, 15) is 4.79 Å². The maximum Gasteiger partial charge on any atom is 0.185 e. The minimum Gasteiger partial charge on any atom is -0.375 e. The van der Waals surface area contributed by atoms with Gasteiger partial charge in [0.1, 0.15) is 5.69 Å². The van der Waals surface area contributed by atoms with Gasteiger partial charge in [-0.3, -0.25) is 4.79 Å². The minimum absolute atomic E-state index is 0.0323. The van der Waals surface area contributed by atoms with Crippen LogP contribution in [0.25, 0.3) is 0 Å². The number of ether oxygens (including phenoxy) is 1. The zero-order valence-corrected chi connectivity index (χ0v) is 13.4. The van der Waals surface area contributed by atoms with E-state index >= 15 is 0 Å². The van der Waals surface area contributed by atoms with Crippen molar-refractivity contribution in [1.29, 1.82) is 0 Å². The Morgan fingerprint density at radius 3 is 2.76 bits per heavy atom. The van der Waals surface area contributed by atoms with Crippen LogP contribution in [0.2, 0.25) is 10.0 Å². The summed E-state index contributed by atoms with van der Waals surface area (Å²) >= 11 is 12.0. The first-order valence-corrected chi connectivity index (χ1v) is 8.34. The summed E-state index contributed by atoms with van der Waals surface area (Å²) in [6, 6.07) is 1.58. The highest BCUT2D eigenvalue weighted by molar-refractivity contribution is 6.36. The fourth-order valence-corrected chi connectivity index (χ4v) is 4.06. The number of rotatable bonds is 2. The molecule has 1 unspecified atom stereocenters. The van der Waals surface area contributed by atoms with Gasteiger partial charge in [0, 0.05) is 18.7 Å². The summed E-state index contributed by atoms with van der Waals surface area (Å²) in [5.41, 5.74) is 0.259. The minimum atomic E-state index is -0.0876. The summed E-state index contributed by atoms with van der Waals surface area (Å²) in [6.07, 6.45) is 8.83. The molecule has 0 bridgehead atoms. The molecule has 0 aromatic carbocycles. The van der Waals surface area contributed by atoms with Gasteiger partial charge in [-0.1, -0.05) is 42.5 Å². The van der Waals surface area contributed by atoms with Crippen molar-refractivity contribution < 1.29 is 9.53 Å². The van der Waals surface area contributed by atoms with Gasteiger partial charge >= 0.3 is 0 Å². The predicted molar refractivity (Wildman–Crippen MR) is 83.1 cm³/mol. The Hall–Kier alpha value is -0.640. The molecule has 1 saturated heterocycles. The molecule has 114 valence electrons. The molecule has 1 aromatic rings. The third-order valence-electron chi connectivity index (χ3n) is 4.67. The molecule has 3 nitrogen and oxygen atoms in total. The lowest BCUT2D eigenvalue weighted by Gasteiger charge is -2.43. The molecular weight excluding hydrogens is 309 g/mol. The topological polar surface area (TPSA) is 39.2 Å². The van der Waals surface area contributed by atoms with Crippen LogP contribution in [0, 0.1) is 5.92 Å². The van der Waals surface area contributed by atoms with Crippen LogP contribution in [-0.4, -0.2) is 23.0 Å². The van der Waals surface area contributed by atoms with Crippen LogP contribution in [0.1, 0.15) is 55.4 Å². The van der Waals surface area contributed by atoms with E-state index in [1.54, 1.807) is 6.07 Å². The number of carbonyl (C=O) groups excluding carboxylic acids is 1. The van der Waals surface area contributed by atoms with E-state index < -0.39 is 0 Å². The van der Waals surface area contributed by atoms with E-state index in [-0.39, 0.29) is 17.3 Å². The van der Waals surface area contributed by atoms with Gasteiger partial charge in [0.05, 0.1) is 15.6 Å². The molecular formula is C16H19Cl2NO2. The number of aromatic nitrogens is 1. The van der Waals surface area contributed by atoms with Crippen LogP contribution in [0.15, 0.2) is 12.3 Å². The molecule has 2 fully saturated rings. The van der Waals surface area contributed by atoms with Crippen molar-refractivity contribution in [2.75, 3.05) is 6.61 Å². The summed E-state index contributed by atoms with van der Waals surface area (Å²) in [4.78, 5) is 16.8. The Bertz CT molecular complexity index is 536. The third-order valence-corrected chi connectivity index (χ3v) is 5.16. The number of pyridine rings is 1. The molecule has 0 N–H and O–H groups in total. The van der Waals surface area contributed by atoms with E-state index in [0.29, 0.717) is 22.3 Å². The maximum atomic E-state index is 12.7. The van der Waals surface area contributed by atoms with Crippen molar-refractivity contribution in [3.05, 3.63) is 28.0 Å². The van der Waals surface area contributed by atoms with Gasteiger partial charge < -0.3 is 4.74 Å². The van der Waals surface area contributed by atoms with Crippen LogP contribution >= 0.6 is 23.2 Å². The van der Waals surface area contributed by atoms with Crippen molar-refractivity contribution >= 4 is 29.0 Å². The number of hydrogen-bond donors (Lipinski definition) is 0. The first kappa shape index (κ1) is 15.3. The second-order valence-corrected chi connectivity index (χ2v) is 6.97. The van der Waals surface area contributed by atoms with Crippen LogP contribution in [0.5, 0.6) is 0 Å². The number of ketones is 1. The van der Waals surface area contributed by atoms with Gasteiger partial charge in [0.15, 0.2) is 5.78 Å². The average Bonchev–Trinajstić information content (AvgIpc) is 2.47. The van der Waals surface area contributed by atoms with Gasteiger partial charge in [0.25, 0.3) is 0 Å². The molecule has 3 rings (SSSR count). The molecule has 2 aliphatic rings. The van der Waals surface area contributed by atoms with Crippen LogP contribution in [0.3, 0.4) is 0 Å². The summed E-state index contributed by atoms with van der Waals surface area (Å²) in [5, 5.41) is 0.795. The number of hydrogen-bond acceptors (Lipinski definition) is 3. The fraction of sp³-hybridized carbons (Fsp3) is 0.625. The van der Waals surface area contributed by atoms with Crippen molar-refractivity contribution in [1.82, 2.24) is 4.98 Å². The first-order valence-electron chi connectivity index (χ1n) is 7.59. The molecule has 1 spiro atoms. The smallest absolute Gasteiger partial charge is 0.185 e. The van der Waals surface area contributed by atoms with E-state index in [2.05, 4.69) is 4.98 Å². The van der Waals surface area contributed by atoms with Crippen LogP contribution in [0.4, 0.5) is 0 Å². The molecule has 0 amide bonds. The summed E-state index contributed by atoms with van der Waals surface area (Å²) in [6.45, 7) is 0.654. The van der Waals surface area contributed by atoms with Crippen molar-refractivity contribution in [2.24, 2.45) is 5.92 Å². The lowest BCUT2D eigenvalue weighted by molar-refractivity contribution is -0.111. The highest BCUT2D eigenvalue weighted by atomic mass is 35.5. The Kier molecular flexibility index (Phi) is 4.53. The molecule has 1 atom stereocenters. The average molecular weight is 328 g/mol. The van der Waals surface area contributed by atoms with Gasteiger partial charge in [-0.05, 0) is 31.7 Å². The van der Waals surface area contributed by atoms with Gasteiger partial charge in [-0.25, -0.2) is 4.98 Å². The molecule has 1 aliphatic heterocycles. The standard InChI is InChI=1S/C16H19Cl2NO2/c17-12-8-13(18)14(19-10-12)15(20)11-4-7-21-16(9-11)5-2-1-3-6-16/h8,10-11H,1-7,9H2. The van der Waals surface area contributed by atoms with E-state index in [0.717, 1.165) is 25.7 Å². The SMILES string of the molecule is O=C(c1ncc(Cl)cc1Cl)C1CCOC2(CCCCC2)C1. The lowest BCUT2D eigenvalue weighted by atomic mass is 9.74. The maximum absolute atomic E-state index is 12.7. The quantitative estimate of drug-likeness (QED) is 0.739. The number of carbonyl (C=O) groups is 1. The highest BCUT2D eigenvalue weighted by Crippen LogP contribution is 2.41. The Morgan fingerprint density at radius 1 is 1.29 bits per heavy atom. The predicted octanol–water partition coefficient (Wildman–Crippen LogP) is 4.70. The Labute approximate surface area is 135 Å². The lowest BCUT2D eigenvalue weighted by Crippen LogP contribution is -2.43. The summed E-state index contributed by atoms with van der Waals surface area (Å²) < 4.78 is 6.05. The van der Waals surface area contributed by atoms with Gasteiger partial charge in [-0.2, -0.15) is 0 Å². The monoisotopic (exact) mass is 327 g/mol. The number of Topliss-reactive ketones (excluding diaryl/α,β-unsaturated/α-hetero) is 1. The number of halogens is 2. The fourth-order valence-electron chi connectivity index (χ4n) is 3.59. The second kappa shape index (κ2) is 6.23. The molecule has 5 heteroatoms. The zero-order chi connectivity index (χ0) is 14.9. The highest BCUT2D eigenvalue weighted by Gasteiger charge is 2.41. The summed E-state index contributed by atoms with van der Waals surface area (Å²) in [5.74, 6) is -0.00654. The molecule has 1 aromatic heterocycles. The molecule has 0 radical (unpaired) electrons. The van der Waals surface area contributed by atoms with Crippen molar-refractivity contribution in [3.63, 3.8) is 0 Å². The summed E-state index contributed by atoms with van der Waals surface area (Å²) in [7, 11) is 0. The second-order valence-electron chi connectivity index (χ2n) is 6.13. The number of nitrogens with zero attached hydrogens (tertiary/aromatic N) is 1. The molecule has 21 heavy (non-hydrogen) atoms.